The van der Waals surface area contributed by atoms with Gasteiger partial charge in [-0.1, -0.05) is 11.6 Å². The van der Waals surface area contributed by atoms with Crippen LogP contribution in [0.4, 0.5) is 10.3 Å². The fraction of sp³-hybridized carbons (Fsp3) is 0.0909. The fourth-order valence-corrected chi connectivity index (χ4v) is 3.27. The van der Waals surface area contributed by atoms with Crippen molar-refractivity contribution in [3.05, 3.63) is 27.4 Å². The van der Waals surface area contributed by atoms with Gasteiger partial charge in [-0.3, -0.25) is 0 Å². The Balaban J connectivity index is 2.28. The minimum atomic E-state index is -3.68. The van der Waals surface area contributed by atoms with Crippen LogP contribution in [0, 0.1) is 5.82 Å². The van der Waals surface area contributed by atoms with E-state index in [0.29, 0.717) is 4.47 Å². The lowest BCUT2D eigenvalue weighted by Gasteiger charge is -2.02. The van der Waals surface area contributed by atoms with Gasteiger partial charge in [-0.2, -0.15) is 19.5 Å². The summed E-state index contributed by atoms with van der Waals surface area (Å²) in [6.45, 7) is 0. The highest BCUT2D eigenvalue weighted by Gasteiger charge is 2.20. The van der Waals surface area contributed by atoms with E-state index in [4.69, 9.17) is 17.3 Å². The first-order valence-corrected chi connectivity index (χ1v) is 8.98. The molecule has 0 fully saturated rings. The smallest absolute Gasteiger partial charge is 0.258 e. The van der Waals surface area contributed by atoms with Crippen LogP contribution in [0.15, 0.2) is 21.8 Å². The molecule has 0 amide bonds. The lowest BCUT2D eigenvalue weighted by molar-refractivity contribution is 0.592. The van der Waals surface area contributed by atoms with Gasteiger partial charge in [0, 0.05) is 15.8 Å². The van der Waals surface area contributed by atoms with E-state index >= 15 is 0 Å². The average Bonchev–Trinajstić information content (AvgIpc) is 2.80. The Morgan fingerprint density at radius 1 is 1.30 bits per heavy atom. The maximum atomic E-state index is 14.1. The lowest BCUT2D eigenvalue weighted by Crippen LogP contribution is -2.11. The van der Waals surface area contributed by atoms with Gasteiger partial charge >= 0.3 is 0 Å². The van der Waals surface area contributed by atoms with E-state index in [9.17, 15) is 12.8 Å². The predicted octanol–water partition coefficient (Wildman–Crippen LogP) is 1.73. The number of halogens is 3. The first kappa shape index (κ1) is 16.0. The number of fused-ring (bicyclic) bond motifs is 1. The molecule has 3 aromatic rings. The molecule has 0 aliphatic carbocycles. The van der Waals surface area contributed by atoms with E-state index in [0.717, 1.165) is 16.8 Å². The lowest BCUT2D eigenvalue weighted by atomic mass is 10.2. The molecule has 0 saturated heterocycles. The highest BCUT2D eigenvalue weighted by Crippen LogP contribution is 2.32. The van der Waals surface area contributed by atoms with Gasteiger partial charge < -0.3 is 5.73 Å². The third kappa shape index (κ3) is 2.86. The van der Waals surface area contributed by atoms with Crippen LogP contribution < -0.4 is 5.73 Å². The molecule has 23 heavy (non-hydrogen) atoms. The first-order chi connectivity index (χ1) is 10.7. The van der Waals surface area contributed by atoms with Crippen LogP contribution in [0.5, 0.6) is 0 Å². The third-order valence-corrected chi connectivity index (χ3v) is 4.46. The monoisotopic (exact) mass is 420 g/mol. The van der Waals surface area contributed by atoms with Crippen molar-refractivity contribution in [2.75, 3.05) is 12.0 Å². The van der Waals surface area contributed by atoms with Crippen LogP contribution in [0.2, 0.25) is 5.02 Å². The summed E-state index contributed by atoms with van der Waals surface area (Å²) < 4.78 is 38.5. The third-order valence-electron chi connectivity index (χ3n) is 2.78. The second-order valence-electron chi connectivity index (χ2n) is 4.53. The molecular weight excluding hydrogens is 415 g/mol. The number of anilines is 1. The van der Waals surface area contributed by atoms with Crippen molar-refractivity contribution in [3.8, 4) is 11.4 Å². The van der Waals surface area contributed by atoms with Crippen LogP contribution in [0.1, 0.15) is 0 Å². The molecule has 1 aromatic carbocycles. The minimum absolute atomic E-state index is 0.0419. The zero-order valence-electron chi connectivity index (χ0n) is 11.3. The van der Waals surface area contributed by atoms with E-state index in [1.54, 1.807) is 0 Å². The molecule has 120 valence electrons. The number of rotatable bonds is 2. The maximum absolute atomic E-state index is 14.1. The maximum Gasteiger partial charge on any atom is 0.258 e. The molecule has 2 aromatic heterocycles. The van der Waals surface area contributed by atoms with Crippen molar-refractivity contribution < 1.29 is 12.8 Å². The molecule has 0 unspecified atom stereocenters. The summed E-state index contributed by atoms with van der Waals surface area (Å²) in [5, 5.41) is 3.71. The van der Waals surface area contributed by atoms with Gasteiger partial charge in [0.2, 0.25) is 15.8 Å². The number of hydrogen-bond acceptors (Lipinski definition) is 7. The molecule has 0 bridgehead atoms. The van der Waals surface area contributed by atoms with Crippen LogP contribution in [-0.2, 0) is 9.84 Å². The predicted molar refractivity (Wildman–Crippen MR) is 84.2 cm³/mol. The summed E-state index contributed by atoms with van der Waals surface area (Å²) in [5.74, 6) is -1.05. The van der Waals surface area contributed by atoms with E-state index in [-0.39, 0.29) is 28.1 Å². The Hall–Kier alpha value is -1.85. The van der Waals surface area contributed by atoms with E-state index in [2.05, 4.69) is 36.0 Å². The largest absolute Gasteiger partial charge is 0.368 e. The van der Waals surface area contributed by atoms with Crippen molar-refractivity contribution in [2.24, 2.45) is 0 Å². The van der Waals surface area contributed by atoms with Gasteiger partial charge in [0.25, 0.3) is 10.9 Å². The summed E-state index contributed by atoms with van der Waals surface area (Å²) in [6.07, 6.45) is 0.936. The summed E-state index contributed by atoms with van der Waals surface area (Å²) in [4.78, 5) is 11.4. The van der Waals surface area contributed by atoms with Gasteiger partial charge in [0.1, 0.15) is 5.82 Å². The quantitative estimate of drug-likeness (QED) is 0.669. The van der Waals surface area contributed by atoms with Crippen molar-refractivity contribution in [2.45, 2.75) is 5.16 Å². The molecule has 0 spiro atoms. The molecule has 2 heterocycles. The summed E-state index contributed by atoms with van der Waals surface area (Å²) >= 11 is 8.94. The average molecular weight is 422 g/mol. The summed E-state index contributed by atoms with van der Waals surface area (Å²) in [6, 6.07) is 2.58. The Kier molecular flexibility index (Phi) is 3.73. The number of nitrogen functional groups attached to an aromatic ring is 1. The molecule has 0 aliphatic rings. The Morgan fingerprint density at radius 3 is 2.61 bits per heavy atom. The molecule has 0 saturated carbocycles. The highest BCUT2D eigenvalue weighted by atomic mass is 79.9. The van der Waals surface area contributed by atoms with Gasteiger partial charge in [-0.15, -0.1) is 5.10 Å². The Bertz CT molecular complexity index is 1030. The second kappa shape index (κ2) is 5.35. The van der Waals surface area contributed by atoms with Gasteiger partial charge in [0.05, 0.1) is 5.56 Å². The van der Waals surface area contributed by atoms with Crippen molar-refractivity contribution >= 4 is 49.1 Å². The van der Waals surface area contributed by atoms with Crippen LogP contribution in [-0.4, -0.2) is 39.2 Å². The first-order valence-electron chi connectivity index (χ1n) is 5.92. The van der Waals surface area contributed by atoms with Crippen LogP contribution >= 0.6 is 27.5 Å². The van der Waals surface area contributed by atoms with E-state index < -0.39 is 20.8 Å². The zero-order valence-corrected chi connectivity index (χ0v) is 14.5. The van der Waals surface area contributed by atoms with Crippen molar-refractivity contribution in [3.63, 3.8) is 0 Å². The van der Waals surface area contributed by atoms with Gasteiger partial charge in [-0.25, -0.2) is 12.8 Å². The molecular formula is C11H7BrClFN6O2S. The zero-order chi connectivity index (χ0) is 16.9. The number of benzene rings is 1. The van der Waals surface area contributed by atoms with Crippen LogP contribution in [0.3, 0.4) is 0 Å². The summed E-state index contributed by atoms with van der Waals surface area (Å²) in [5.41, 5.74) is 5.71. The fourth-order valence-electron chi connectivity index (χ4n) is 1.81. The molecule has 0 aliphatic heterocycles. The standard InChI is InChI=1S/C11H7BrClFN6O2S/c1-23(21,22)11-17-9(15)20-10(18-11)16-8(19-20)7-5(12)2-4(13)3-6(7)14/h2-3H,1H3,(H2,15,16,17,18,19). The molecule has 12 heteroatoms. The van der Waals surface area contributed by atoms with Crippen molar-refractivity contribution in [1.82, 2.24) is 24.6 Å². The van der Waals surface area contributed by atoms with Crippen LogP contribution in [0.25, 0.3) is 17.2 Å². The molecule has 0 atom stereocenters. The summed E-state index contributed by atoms with van der Waals surface area (Å²) in [7, 11) is -3.68. The highest BCUT2D eigenvalue weighted by molar-refractivity contribution is 9.10. The molecule has 3 rings (SSSR count). The number of nitrogens with two attached hydrogens (primary N) is 1. The molecule has 8 nitrogen and oxygen atoms in total. The number of nitrogens with zero attached hydrogens (tertiary/aromatic N) is 5. The SMILES string of the molecule is CS(=O)(=O)c1nc(N)n2nc(-c3c(F)cc(Cl)cc3Br)nc2n1. The number of hydrogen-bond donors (Lipinski definition) is 1. The van der Waals surface area contributed by atoms with E-state index in [1.807, 2.05) is 0 Å². The Morgan fingerprint density at radius 2 is 2.00 bits per heavy atom. The van der Waals surface area contributed by atoms with Gasteiger partial charge in [-0.05, 0) is 28.1 Å². The molecule has 2 N–H and O–H groups in total. The second-order valence-corrected chi connectivity index (χ2v) is 7.73. The topological polar surface area (TPSA) is 116 Å². The normalized spacial score (nSPS) is 12.0. The van der Waals surface area contributed by atoms with Crippen molar-refractivity contribution in [1.29, 1.82) is 0 Å². The van der Waals surface area contributed by atoms with Gasteiger partial charge in [0.15, 0.2) is 5.82 Å². The Labute approximate surface area is 142 Å². The number of sulfone groups is 1. The minimum Gasteiger partial charge on any atom is -0.368 e. The number of aromatic nitrogens is 5. The molecule has 0 radical (unpaired) electrons. The van der Waals surface area contributed by atoms with E-state index in [1.165, 1.54) is 6.07 Å².